The van der Waals surface area contributed by atoms with Crippen LogP contribution in [0.5, 0.6) is 0 Å². The second-order valence-electron chi connectivity index (χ2n) is 6.12. The molecular formula is C17H26N4. The Hall–Kier alpha value is -1.97. The van der Waals surface area contributed by atoms with E-state index in [0.29, 0.717) is 5.92 Å². The molecule has 0 unspecified atom stereocenters. The minimum absolute atomic E-state index is 0.443. The molecule has 0 aliphatic heterocycles. The van der Waals surface area contributed by atoms with E-state index in [4.69, 9.17) is 0 Å². The van der Waals surface area contributed by atoms with E-state index < -0.39 is 0 Å². The Kier molecular flexibility index (Phi) is 4.56. The van der Waals surface area contributed by atoms with Gasteiger partial charge in [0, 0.05) is 50.8 Å². The quantitative estimate of drug-likeness (QED) is 0.913. The molecule has 0 aliphatic carbocycles. The van der Waals surface area contributed by atoms with Crippen molar-refractivity contribution in [1.82, 2.24) is 9.78 Å². The lowest BCUT2D eigenvalue weighted by atomic mass is 10.1. The lowest BCUT2D eigenvalue weighted by molar-refractivity contribution is 0.712. The van der Waals surface area contributed by atoms with Crippen LogP contribution < -0.4 is 10.2 Å². The van der Waals surface area contributed by atoms with E-state index in [2.05, 4.69) is 74.6 Å². The number of hydrogen-bond donors (Lipinski definition) is 1. The van der Waals surface area contributed by atoms with E-state index in [-0.39, 0.29) is 0 Å². The second-order valence-corrected chi connectivity index (χ2v) is 6.12. The first-order valence-electron chi connectivity index (χ1n) is 7.42. The van der Waals surface area contributed by atoms with Crippen molar-refractivity contribution in [3.05, 3.63) is 41.2 Å². The Labute approximate surface area is 127 Å². The van der Waals surface area contributed by atoms with Crippen molar-refractivity contribution in [2.24, 2.45) is 7.05 Å². The second kappa shape index (κ2) is 6.20. The molecule has 0 spiro atoms. The van der Waals surface area contributed by atoms with Crippen LogP contribution in [0.25, 0.3) is 0 Å². The molecule has 1 aromatic carbocycles. The van der Waals surface area contributed by atoms with Crippen molar-refractivity contribution < 1.29 is 0 Å². The van der Waals surface area contributed by atoms with Crippen molar-refractivity contribution in [3.8, 4) is 0 Å². The number of nitrogens with one attached hydrogen (secondary N) is 1. The van der Waals surface area contributed by atoms with Crippen molar-refractivity contribution in [1.29, 1.82) is 0 Å². The van der Waals surface area contributed by atoms with Gasteiger partial charge in [-0.15, -0.1) is 0 Å². The Balaban J connectivity index is 2.15. The molecular weight excluding hydrogens is 260 g/mol. The zero-order valence-corrected chi connectivity index (χ0v) is 13.9. The smallest absolute Gasteiger partial charge is 0.0699 e. The summed E-state index contributed by atoms with van der Waals surface area (Å²) in [6.07, 6.45) is 2.10. The molecule has 0 aliphatic rings. The molecule has 0 fully saturated rings. The minimum atomic E-state index is 0.443. The van der Waals surface area contributed by atoms with Crippen LogP contribution in [0.2, 0.25) is 0 Å². The van der Waals surface area contributed by atoms with Crippen LogP contribution in [0, 0.1) is 6.92 Å². The van der Waals surface area contributed by atoms with Crippen molar-refractivity contribution in [2.75, 3.05) is 24.3 Å². The molecule has 2 aromatic rings. The van der Waals surface area contributed by atoms with Gasteiger partial charge in [-0.25, -0.2) is 0 Å². The highest BCUT2D eigenvalue weighted by molar-refractivity contribution is 5.62. The third kappa shape index (κ3) is 3.57. The van der Waals surface area contributed by atoms with Crippen LogP contribution in [0.15, 0.2) is 24.4 Å². The van der Waals surface area contributed by atoms with E-state index in [9.17, 15) is 0 Å². The molecule has 0 saturated carbocycles. The fourth-order valence-electron chi connectivity index (χ4n) is 2.58. The van der Waals surface area contributed by atoms with Gasteiger partial charge in [-0.05, 0) is 30.5 Å². The van der Waals surface area contributed by atoms with Gasteiger partial charge in [-0.3, -0.25) is 4.68 Å². The van der Waals surface area contributed by atoms with Crippen molar-refractivity contribution in [2.45, 2.75) is 33.2 Å². The largest absolute Gasteiger partial charge is 0.381 e. The van der Waals surface area contributed by atoms with Gasteiger partial charge in [-0.1, -0.05) is 19.9 Å². The maximum atomic E-state index is 4.55. The molecule has 114 valence electrons. The molecule has 1 N–H and O–H groups in total. The Bertz CT molecular complexity index is 611. The Morgan fingerprint density at radius 1 is 1.29 bits per heavy atom. The predicted molar refractivity (Wildman–Crippen MR) is 90.1 cm³/mol. The molecule has 0 bridgehead atoms. The monoisotopic (exact) mass is 286 g/mol. The molecule has 21 heavy (non-hydrogen) atoms. The normalized spacial score (nSPS) is 11.0. The molecule has 4 nitrogen and oxygen atoms in total. The average molecular weight is 286 g/mol. The number of anilines is 2. The van der Waals surface area contributed by atoms with Gasteiger partial charge in [-0.2, -0.15) is 5.10 Å². The van der Waals surface area contributed by atoms with E-state index in [1.54, 1.807) is 0 Å². The Morgan fingerprint density at radius 3 is 2.62 bits per heavy atom. The maximum Gasteiger partial charge on any atom is 0.0699 e. The van der Waals surface area contributed by atoms with Crippen LogP contribution in [0.4, 0.5) is 11.4 Å². The van der Waals surface area contributed by atoms with Crippen LogP contribution in [-0.2, 0) is 13.6 Å². The molecule has 0 saturated heterocycles. The minimum Gasteiger partial charge on any atom is -0.381 e. The van der Waals surface area contributed by atoms with Gasteiger partial charge in [0.15, 0.2) is 0 Å². The first-order chi connectivity index (χ1) is 9.88. The van der Waals surface area contributed by atoms with Crippen molar-refractivity contribution >= 4 is 11.4 Å². The SMILES string of the molecule is Cc1ccc(NCc2cn(C)nc2C(C)C)cc1N(C)C. The fourth-order valence-corrected chi connectivity index (χ4v) is 2.58. The zero-order chi connectivity index (χ0) is 15.6. The van der Waals surface area contributed by atoms with Gasteiger partial charge in [0.05, 0.1) is 5.69 Å². The summed E-state index contributed by atoms with van der Waals surface area (Å²) in [5.74, 6) is 0.443. The number of aryl methyl sites for hydroxylation is 2. The lowest BCUT2D eigenvalue weighted by Crippen LogP contribution is -2.11. The topological polar surface area (TPSA) is 33.1 Å². The summed E-state index contributed by atoms with van der Waals surface area (Å²) in [4.78, 5) is 2.14. The number of rotatable bonds is 5. The standard InChI is InChI=1S/C17H26N4/c1-12(2)17-14(11-21(6)19-17)10-18-15-8-7-13(3)16(9-15)20(4)5/h7-9,11-12,18H,10H2,1-6H3. The van der Waals surface area contributed by atoms with Crippen LogP contribution >= 0.6 is 0 Å². The summed E-state index contributed by atoms with van der Waals surface area (Å²) in [5.41, 5.74) is 6.11. The summed E-state index contributed by atoms with van der Waals surface area (Å²) in [7, 11) is 6.12. The molecule has 4 heteroatoms. The number of aromatic nitrogens is 2. The highest BCUT2D eigenvalue weighted by Gasteiger charge is 2.11. The van der Waals surface area contributed by atoms with Gasteiger partial charge in [0.1, 0.15) is 0 Å². The Morgan fingerprint density at radius 2 is 2.00 bits per heavy atom. The molecule has 0 radical (unpaired) electrons. The highest BCUT2D eigenvalue weighted by Crippen LogP contribution is 2.24. The van der Waals surface area contributed by atoms with Crippen LogP contribution in [0.1, 0.15) is 36.6 Å². The predicted octanol–water partition coefficient (Wildman–Crippen LogP) is 3.53. The van der Waals surface area contributed by atoms with Gasteiger partial charge in [0.2, 0.25) is 0 Å². The van der Waals surface area contributed by atoms with E-state index in [1.165, 1.54) is 22.5 Å². The van der Waals surface area contributed by atoms with Gasteiger partial charge < -0.3 is 10.2 Å². The number of hydrogen-bond acceptors (Lipinski definition) is 3. The molecule has 1 heterocycles. The number of nitrogens with zero attached hydrogens (tertiary/aromatic N) is 3. The molecule has 2 rings (SSSR count). The third-order valence-corrected chi connectivity index (χ3v) is 3.66. The van der Waals surface area contributed by atoms with Crippen molar-refractivity contribution in [3.63, 3.8) is 0 Å². The van der Waals surface area contributed by atoms with E-state index in [0.717, 1.165) is 12.2 Å². The molecule has 0 atom stereocenters. The summed E-state index contributed by atoms with van der Waals surface area (Å²) >= 11 is 0. The highest BCUT2D eigenvalue weighted by atomic mass is 15.3. The lowest BCUT2D eigenvalue weighted by Gasteiger charge is -2.17. The maximum absolute atomic E-state index is 4.55. The van der Waals surface area contributed by atoms with Crippen LogP contribution in [0.3, 0.4) is 0 Å². The fraction of sp³-hybridized carbons (Fsp3) is 0.471. The average Bonchev–Trinajstić information content (AvgIpc) is 2.79. The summed E-state index contributed by atoms with van der Waals surface area (Å²) in [5, 5.41) is 8.06. The summed E-state index contributed by atoms with van der Waals surface area (Å²) < 4.78 is 1.90. The third-order valence-electron chi connectivity index (χ3n) is 3.66. The first kappa shape index (κ1) is 15.4. The molecule has 1 aromatic heterocycles. The summed E-state index contributed by atoms with van der Waals surface area (Å²) in [6.45, 7) is 7.30. The van der Waals surface area contributed by atoms with E-state index in [1.807, 2.05) is 11.7 Å². The number of benzene rings is 1. The zero-order valence-electron chi connectivity index (χ0n) is 13.9. The van der Waals surface area contributed by atoms with Crippen LogP contribution in [-0.4, -0.2) is 23.9 Å². The summed E-state index contributed by atoms with van der Waals surface area (Å²) in [6, 6.07) is 6.48. The first-order valence-corrected chi connectivity index (χ1v) is 7.42. The van der Waals surface area contributed by atoms with Gasteiger partial charge in [0.25, 0.3) is 0 Å². The molecule has 0 amide bonds. The van der Waals surface area contributed by atoms with E-state index >= 15 is 0 Å². The van der Waals surface area contributed by atoms with Gasteiger partial charge >= 0.3 is 0 Å².